The Bertz CT molecular complexity index is 290. The number of hydrogen-bond acceptors (Lipinski definition) is 3. The molecular weight excluding hydrogens is 300 g/mol. The fourth-order valence-electron chi connectivity index (χ4n) is 0.963. The van der Waals surface area contributed by atoms with Crippen molar-refractivity contribution < 1.29 is 9.90 Å². The standard InChI is InChI=1S/C8H10S.C4H8O2S.C3H8.C2H6/c9-7-6-8-4-2-1-3-5-8;1-7-3-2-4(5)6;1-3-2;1-2/h1-5,9H,6-7H2;2-3H2,1H3,(H,5,6);3H2,1-2H3;1-2H3. The van der Waals surface area contributed by atoms with Gasteiger partial charge in [0.15, 0.2) is 0 Å². The van der Waals surface area contributed by atoms with E-state index in [4.69, 9.17) is 5.11 Å². The molecule has 0 aromatic heterocycles. The van der Waals surface area contributed by atoms with Crippen molar-refractivity contribution in [3.63, 3.8) is 0 Å². The summed E-state index contributed by atoms with van der Waals surface area (Å²) in [5.41, 5.74) is 1.37. The molecule has 2 nitrogen and oxygen atoms in total. The number of carbonyl (C=O) groups is 1. The molecule has 0 fully saturated rings. The predicted octanol–water partition coefficient (Wildman–Crippen LogP) is 5.43. The van der Waals surface area contributed by atoms with Crippen LogP contribution in [0.25, 0.3) is 0 Å². The van der Waals surface area contributed by atoms with Crippen molar-refractivity contribution >= 4 is 30.4 Å². The zero-order valence-electron chi connectivity index (χ0n) is 14.1. The summed E-state index contributed by atoms with van der Waals surface area (Å²) >= 11 is 5.68. The monoisotopic (exact) mass is 332 g/mol. The van der Waals surface area contributed by atoms with E-state index in [0.717, 1.165) is 17.9 Å². The lowest BCUT2D eigenvalue weighted by molar-refractivity contribution is -0.136. The van der Waals surface area contributed by atoms with Crippen LogP contribution in [0.5, 0.6) is 0 Å². The predicted molar refractivity (Wildman–Crippen MR) is 102 cm³/mol. The van der Waals surface area contributed by atoms with E-state index < -0.39 is 5.97 Å². The maximum absolute atomic E-state index is 9.74. The number of benzene rings is 1. The Morgan fingerprint density at radius 1 is 1.19 bits per heavy atom. The van der Waals surface area contributed by atoms with Crippen molar-refractivity contribution in [3.05, 3.63) is 35.9 Å². The second-order valence-electron chi connectivity index (χ2n) is 3.80. The molecule has 0 aliphatic carbocycles. The first-order valence-electron chi connectivity index (χ1n) is 7.47. The van der Waals surface area contributed by atoms with Gasteiger partial charge in [-0.3, -0.25) is 4.79 Å². The van der Waals surface area contributed by atoms with Crippen molar-refractivity contribution in [1.29, 1.82) is 0 Å². The quantitative estimate of drug-likeness (QED) is 0.706. The number of thioether (sulfide) groups is 1. The third kappa shape index (κ3) is 28.3. The second kappa shape index (κ2) is 24.4. The highest BCUT2D eigenvalue weighted by molar-refractivity contribution is 7.98. The highest BCUT2D eigenvalue weighted by Crippen LogP contribution is 1.99. The number of hydrogen-bond donors (Lipinski definition) is 2. The molecule has 0 heterocycles. The molecule has 4 heteroatoms. The molecule has 1 aromatic carbocycles. The largest absolute Gasteiger partial charge is 0.481 e. The minimum absolute atomic E-state index is 0.279. The van der Waals surface area contributed by atoms with Crippen LogP contribution in [0.15, 0.2) is 30.3 Å². The topological polar surface area (TPSA) is 37.3 Å². The molecule has 0 aliphatic heterocycles. The summed E-state index contributed by atoms with van der Waals surface area (Å²) < 4.78 is 0. The van der Waals surface area contributed by atoms with E-state index in [2.05, 4.69) is 50.7 Å². The molecule has 1 aromatic rings. The van der Waals surface area contributed by atoms with Crippen LogP contribution >= 0.6 is 24.4 Å². The Morgan fingerprint density at radius 3 is 1.95 bits per heavy atom. The Hall–Kier alpha value is -0.610. The number of thiol groups is 1. The lowest BCUT2D eigenvalue weighted by atomic mass is 10.2. The van der Waals surface area contributed by atoms with E-state index in [0.29, 0.717) is 0 Å². The van der Waals surface area contributed by atoms with E-state index >= 15 is 0 Å². The van der Waals surface area contributed by atoms with Gasteiger partial charge in [-0.05, 0) is 24.0 Å². The molecule has 0 spiro atoms. The lowest BCUT2D eigenvalue weighted by Crippen LogP contribution is -1.94. The molecule has 21 heavy (non-hydrogen) atoms. The van der Waals surface area contributed by atoms with Gasteiger partial charge in [-0.1, -0.05) is 64.4 Å². The highest BCUT2D eigenvalue weighted by atomic mass is 32.2. The smallest absolute Gasteiger partial charge is 0.304 e. The van der Waals surface area contributed by atoms with Crippen molar-refractivity contribution in [3.8, 4) is 0 Å². The minimum atomic E-state index is -0.714. The highest BCUT2D eigenvalue weighted by Gasteiger charge is 1.91. The lowest BCUT2D eigenvalue weighted by Gasteiger charge is -1.93. The van der Waals surface area contributed by atoms with Crippen molar-refractivity contribution in [2.75, 3.05) is 17.8 Å². The van der Waals surface area contributed by atoms with Gasteiger partial charge in [-0.2, -0.15) is 24.4 Å². The third-order valence-corrected chi connectivity index (χ3v) is 2.60. The third-order valence-electron chi connectivity index (χ3n) is 1.76. The average molecular weight is 333 g/mol. The summed E-state index contributed by atoms with van der Waals surface area (Å²) in [4.78, 5) is 9.74. The zero-order chi connectivity index (χ0) is 16.9. The van der Waals surface area contributed by atoms with Gasteiger partial charge in [-0.15, -0.1) is 0 Å². The normalized spacial score (nSPS) is 8.10. The molecule has 124 valence electrons. The number of carboxylic acids is 1. The van der Waals surface area contributed by atoms with Gasteiger partial charge in [-0.25, -0.2) is 0 Å². The minimum Gasteiger partial charge on any atom is -0.481 e. The van der Waals surface area contributed by atoms with Gasteiger partial charge in [0.1, 0.15) is 0 Å². The summed E-state index contributed by atoms with van der Waals surface area (Å²) in [7, 11) is 0. The molecule has 0 saturated carbocycles. The fourth-order valence-corrected chi connectivity index (χ4v) is 1.60. The summed E-state index contributed by atoms with van der Waals surface area (Å²) in [6, 6.07) is 10.4. The van der Waals surface area contributed by atoms with Crippen molar-refractivity contribution in [2.24, 2.45) is 0 Å². The Kier molecular flexibility index (Phi) is 29.5. The maximum atomic E-state index is 9.74. The van der Waals surface area contributed by atoms with Crippen LogP contribution in [0.2, 0.25) is 0 Å². The van der Waals surface area contributed by atoms with Crippen molar-refractivity contribution in [1.82, 2.24) is 0 Å². The summed E-state index contributed by atoms with van der Waals surface area (Å²) in [6.45, 7) is 8.25. The van der Waals surface area contributed by atoms with E-state index in [9.17, 15) is 4.79 Å². The van der Waals surface area contributed by atoms with Crippen LogP contribution in [0, 0.1) is 0 Å². The Labute approximate surface area is 141 Å². The first-order chi connectivity index (χ1) is 10.1. The zero-order valence-corrected chi connectivity index (χ0v) is 15.8. The molecule has 0 aliphatic rings. The Morgan fingerprint density at radius 2 is 1.67 bits per heavy atom. The molecule has 0 saturated heterocycles. The molecule has 0 amide bonds. The first-order valence-corrected chi connectivity index (χ1v) is 9.50. The molecule has 1 rings (SSSR count). The van der Waals surface area contributed by atoms with E-state index in [1.165, 1.54) is 12.0 Å². The van der Waals surface area contributed by atoms with Gasteiger partial charge in [0.2, 0.25) is 0 Å². The molecule has 0 bridgehead atoms. The van der Waals surface area contributed by atoms with Crippen LogP contribution in [0.4, 0.5) is 0 Å². The Balaban J connectivity index is -0.000000242. The number of aliphatic carboxylic acids is 1. The molecule has 0 atom stereocenters. The maximum Gasteiger partial charge on any atom is 0.304 e. The van der Waals surface area contributed by atoms with Gasteiger partial charge >= 0.3 is 5.97 Å². The van der Waals surface area contributed by atoms with Gasteiger partial charge < -0.3 is 5.11 Å². The fraction of sp³-hybridized carbons (Fsp3) is 0.588. The van der Waals surface area contributed by atoms with E-state index in [1.807, 2.05) is 26.2 Å². The summed E-state index contributed by atoms with van der Waals surface area (Å²) in [5, 5.41) is 8.03. The number of rotatable bonds is 5. The van der Waals surface area contributed by atoms with E-state index in [1.54, 1.807) is 11.8 Å². The van der Waals surface area contributed by atoms with E-state index in [-0.39, 0.29) is 6.42 Å². The van der Waals surface area contributed by atoms with Crippen LogP contribution in [0.3, 0.4) is 0 Å². The molecular formula is C17H32O2S2. The molecule has 0 radical (unpaired) electrons. The SMILES string of the molecule is CC.CCC.CSCCC(=O)O.SCCc1ccccc1. The first kappa shape index (κ1) is 25.3. The van der Waals surface area contributed by atoms with Crippen molar-refractivity contribution in [2.45, 2.75) is 47.0 Å². The summed E-state index contributed by atoms with van der Waals surface area (Å²) in [6.07, 6.45) is 4.49. The molecule has 1 N–H and O–H groups in total. The van der Waals surface area contributed by atoms with Gasteiger partial charge in [0, 0.05) is 5.75 Å². The average Bonchev–Trinajstić information content (AvgIpc) is 2.50. The second-order valence-corrected chi connectivity index (χ2v) is 5.24. The molecule has 0 unspecified atom stereocenters. The van der Waals surface area contributed by atoms with Crippen LogP contribution in [-0.4, -0.2) is 28.8 Å². The van der Waals surface area contributed by atoms with Crippen LogP contribution in [0.1, 0.15) is 46.1 Å². The van der Waals surface area contributed by atoms with Gasteiger partial charge in [0.25, 0.3) is 0 Å². The van der Waals surface area contributed by atoms with Gasteiger partial charge in [0.05, 0.1) is 6.42 Å². The van der Waals surface area contributed by atoms with Crippen LogP contribution in [-0.2, 0) is 11.2 Å². The number of aryl methyl sites for hydroxylation is 1. The van der Waals surface area contributed by atoms with Crippen LogP contribution < -0.4 is 0 Å². The summed E-state index contributed by atoms with van der Waals surface area (Å²) in [5.74, 6) is 0.939. The number of carboxylic acid groups (broad SMARTS) is 1.